The molecule has 0 spiro atoms. The molecule has 3 heterocycles. The van der Waals surface area contributed by atoms with Crippen molar-refractivity contribution in [3.05, 3.63) is 52.1 Å². The van der Waals surface area contributed by atoms with Crippen molar-refractivity contribution in [1.82, 2.24) is 24.3 Å². The highest BCUT2D eigenvalue weighted by atomic mass is 35.5. The van der Waals surface area contributed by atoms with E-state index in [1.54, 1.807) is 35.9 Å². The van der Waals surface area contributed by atoms with Crippen molar-refractivity contribution < 1.29 is 9.59 Å². The maximum Gasteiger partial charge on any atom is 0.354 e. The van der Waals surface area contributed by atoms with Crippen LogP contribution in [0.1, 0.15) is 31.4 Å². The number of aryl methyl sites for hydroxylation is 1. The lowest BCUT2D eigenvalue weighted by atomic mass is 9.85. The Morgan fingerprint density at radius 2 is 1.74 bits per heavy atom. The Morgan fingerprint density at radius 1 is 1.05 bits per heavy atom. The zero-order valence-corrected chi connectivity index (χ0v) is 22.7. The second kappa shape index (κ2) is 11.0. The van der Waals surface area contributed by atoms with Crippen LogP contribution in [-0.2, 0) is 17.6 Å². The van der Waals surface area contributed by atoms with Crippen LogP contribution in [0, 0.1) is 0 Å². The number of nitrogens with zero attached hydrogens (tertiary/aromatic N) is 5. The molecule has 1 aromatic heterocycles. The Labute approximate surface area is 228 Å². The Balaban J connectivity index is 0.00000336. The van der Waals surface area contributed by atoms with Gasteiger partial charge in [-0.3, -0.25) is 19.6 Å². The first-order valence-electron chi connectivity index (χ1n) is 12.9. The molecule has 1 atom stereocenters. The molecule has 2 aliphatic heterocycles. The molecule has 3 amide bonds. The van der Waals surface area contributed by atoms with Crippen LogP contribution in [0.15, 0.2) is 35.3 Å². The van der Waals surface area contributed by atoms with E-state index in [2.05, 4.69) is 27.3 Å². The summed E-state index contributed by atoms with van der Waals surface area (Å²) in [6.07, 6.45) is 4.75. The van der Waals surface area contributed by atoms with Crippen LogP contribution in [0.4, 0.5) is 10.6 Å². The Hall–Kier alpha value is -2.99. The number of benzene rings is 1. The number of piperazine rings is 1. The van der Waals surface area contributed by atoms with Crippen molar-refractivity contribution in [3.63, 3.8) is 0 Å². The number of amides is 3. The average Bonchev–Trinajstić information content (AvgIpc) is 2.85. The minimum atomic E-state index is -0.944. The normalized spacial score (nSPS) is 20.3. The minimum Gasteiger partial charge on any atom is -0.338 e. The Morgan fingerprint density at radius 3 is 2.37 bits per heavy atom. The summed E-state index contributed by atoms with van der Waals surface area (Å²) in [4.78, 5) is 47.7. The number of urea groups is 1. The number of anilines is 1. The molecule has 1 unspecified atom stereocenters. The van der Waals surface area contributed by atoms with Crippen molar-refractivity contribution >= 4 is 30.2 Å². The highest BCUT2D eigenvalue weighted by Gasteiger charge is 2.33. The van der Waals surface area contributed by atoms with Crippen LogP contribution in [0.3, 0.4) is 0 Å². The number of nitrogens with two attached hydrogens (primary N) is 2. The van der Waals surface area contributed by atoms with E-state index in [0.29, 0.717) is 32.2 Å². The summed E-state index contributed by atoms with van der Waals surface area (Å²) >= 11 is 0. The maximum absolute atomic E-state index is 12.9. The van der Waals surface area contributed by atoms with E-state index in [1.807, 2.05) is 6.07 Å². The zero-order chi connectivity index (χ0) is 26.3. The van der Waals surface area contributed by atoms with Crippen LogP contribution in [0.5, 0.6) is 0 Å². The monoisotopic (exact) mass is 544 g/mol. The van der Waals surface area contributed by atoms with Gasteiger partial charge in [0.25, 0.3) is 0 Å². The summed E-state index contributed by atoms with van der Waals surface area (Å²) in [5.41, 5.74) is 13.8. The third-order valence-electron chi connectivity index (χ3n) is 7.57. The SMILES string of the molecule is CC(C)(N)C(=O)N1CCN(C(=O)Nc2ccn(-c3ccc4c(c3)CC(N3CC(N)C3)CC4)c(=O)n2)CC1.Cl. The van der Waals surface area contributed by atoms with Crippen molar-refractivity contribution in [2.45, 2.75) is 50.7 Å². The van der Waals surface area contributed by atoms with E-state index in [0.717, 1.165) is 38.0 Å². The van der Waals surface area contributed by atoms with Gasteiger partial charge in [0, 0.05) is 57.5 Å². The number of nitrogens with one attached hydrogen (secondary N) is 1. The quantitative estimate of drug-likeness (QED) is 0.510. The third kappa shape index (κ3) is 5.85. The van der Waals surface area contributed by atoms with E-state index in [-0.39, 0.29) is 36.2 Å². The first-order chi connectivity index (χ1) is 17.6. The molecule has 2 fully saturated rings. The third-order valence-corrected chi connectivity index (χ3v) is 7.57. The number of rotatable bonds is 4. The number of hydrogen-bond donors (Lipinski definition) is 3. The second-order valence-corrected chi connectivity index (χ2v) is 11.0. The van der Waals surface area contributed by atoms with Crippen molar-refractivity contribution in [2.24, 2.45) is 11.5 Å². The van der Waals surface area contributed by atoms with Gasteiger partial charge in [0.2, 0.25) is 5.91 Å². The predicted octanol–water partition coefficient (Wildman–Crippen LogP) is 0.568. The fraction of sp³-hybridized carbons (Fsp3) is 0.538. The van der Waals surface area contributed by atoms with Crippen LogP contribution in [0.25, 0.3) is 5.69 Å². The van der Waals surface area contributed by atoms with Gasteiger partial charge in [-0.25, -0.2) is 9.59 Å². The lowest BCUT2D eigenvalue weighted by molar-refractivity contribution is -0.137. The van der Waals surface area contributed by atoms with Gasteiger partial charge >= 0.3 is 11.7 Å². The lowest BCUT2D eigenvalue weighted by Gasteiger charge is -2.44. The van der Waals surface area contributed by atoms with Gasteiger partial charge in [0.15, 0.2) is 0 Å². The fourth-order valence-electron chi connectivity index (χ4n) is 5.41. The van der Waals surface area contributed by atoms with Crippen LogP contribution in [-0.4, -0.2) is 93.1 Å². The van der Waals surface area contributed by atoms with Gasteiger partial charge in [-0.2, -0.15) is 4.98 Å². The van der Waals surface area contributed by atoms with E-state index in [4.69, 9.17) is 11.5 Å². The van der Waals surface area contributed by atoms with Crippen molar-refractivity contribution in [3.8, 4) is 5.69 Å². The molecule has 1 aliphatic carbocycles. The van der Waals surface area contributed by atoms with Crippen LogP contribution in [0.2, 0.25) is 0 Å². The maximum atomic E-state index is 12.9. The van der Waals surface area contributed by atoms with Crippen LogP contribution < -0.4 is 22.5 Å². The van der Waals surface area contributed by atoms with E-state index in [1.165, 1.54) is 15.7 Å². The molecule has 3 aliphatic rings. The highest BCUT2D eigenvalue weighted by molar-refractivity contribution is 5.89. The summed E-state index contributed by atoms with van der Waals surface area (Å²) in [5.74, 6) is 0.0558. The predicted molar refractivity (Wildman–Crippen MR) is 148 cm³/mol. The van der Waals surface area contributed by atoms with Gasteiger partial charge in [0.05, 0.1) is 11.2 Å². The molecule has 38 heavy (non-hydrogen) atoms. The van der Waals surface area contributed by atoms with Crippen molar-refractivity contribution in [2.75, 3.05) is 44.6 Å². The fourth-order valence-corrected chi connectivity index (χ4v) is 5.41. The van der Waals surface area contributed by atoms with E-state index < -0.39 is 11.2 Å². The molecular weight excluding hydrogens is 508 g/mol. The number of fused-ring (bicyclic) bond motifs is 1. The Kier molecular flexibility index (Phi) is 8.12. The van der Waals surface area contributed by atoms with Gasteiger partial charge in [-0.1, -0.05) is 6.07 Å². The molecular formula is C26H37ClN8O3. The first kappa shape index (κ1) is 28.0. The molecule has 12 heteroatoms. The topological polar surface area (TPSA) is 143 Å². The number of likely N-dealkylation sites (tertiary alicyclic amines) is 1. The molecule has 2 saturated heterocycles. The summed E-state index contributed by atoms with van der Waals surface area (Å²) in [6, 6.07) is 8.18. The molecule has 206 valence electrons. The molecule has 0 saturated carbocycles. The van der Waals surface area contributed by atoms with Crippen LogP contribution >= 0.6 is 12.4 Å². The Bertz CT molecular complexity index is 1250. The molecule has 0 radical (unpaired) electrons. The first-order valence-corrected chi connectivity index (χ1v) is 12.9. The number of carbonyl (C=O) groups is 2. The number of hydrogen-bond acceptors (Lipinski definition) is 7. The van der Waals surface area contributed by atoms with E-state index >= 15 is 0 Å². The summed E-state index contributed by atoms with van der Waals surface area (Å²) in [6.45, 7) is 6.83. The highest BCUT2D eigenvalue weighted by Crippen LogP contribution is 2.28. The number of carbonyl (C=O) groups excluding carboxylic acids is 2. The van der Waals surface area contributed by atoms with Gasteiger partial charge in [-0.05, 0) is 62.4 Å². The molecule has 0 bridgehead atoms. The lowest BCUT2D eigenvalue weighted by Crippen LogP contribution is -2.60. The van der Waals surface area contributed by atoms with Gasteiger partial charge < -0.3 is 21.3 Å². The number of aromatic nitrogens is 2. The molecule has 1 aromatic carbocycles. The summed E-state index contributed by atoms with van der Waals surface area (Å²) < 4.78 is 1.50. The van der Waals surface area contributed by atoms with Gasteiger partial charge in [-0.15, -0.1) is 12.4 Å². The van der Waals surface area contributed by atoms with Crippen molar-refractivity contribution in [1.29, 1.82) is 0 Å². The van der Waals surface area contributed by atoms with E-state index in [9.17, 15) is 14.4 Å². The number of halogens is 1. The molecule has 5 rings (SSSR count). The second-order valence-electron chi connectivity index (χ2n) is 11.0. The molecule has 5 N–H and O–H groups in total. The average molecular weight is 545 g/mol. The molecule has 11 nitrogen and oxygen atoms in total. The van der Waals surface area contributed by atoms with Gasteiger partial charge in [0.1, 0.15) is 5.82 Å². The minimum absolute atomic E-state index is 0. The summed E-state index contributed by atoms with van der Waals surface area (Å²) in [7, 11) is 0. The largest absolute Gasteiger partial charge is 0.354 e. The standard InChI is InChI=1S/C26H36N8O3.ClH/c1-26(2,28)23(35)31-9-11-32(12-10-31)24(36)29-22-7-8-34(25(37)30-22)21-6-4-17-3-5-20(13-18(17)14-21)33-15-19(27)16-33;/h4,6-8,14,19-20H,3,5,9-13,15-16,27-28H2,1-2H3,(H,29,30,36,37);1H. The smallest absolute Gasteiger partial charge is 0.338 e. The molecule has 2 aromatic rings. The summed E-state index contributed by atoms with van der Waals surface area (Å²) in [5, 5.41) is 2.71. The zero-order valence-electron chi connectivity index (χ0n) is 21.9.